The molecule has 29 heavy (non-hydrogen) atoms. The predicted octanol–water partition coefficient (Wildman–Crippen LogP) is 5.23. The third-order valence-electron chi connectivity index (χ3n) is 4.41. The van der Waals surface area contributed by atoms with Gasteiger partial charge in [-0.3, -0.25) is 4.79 Å². The lowest BCUT2D eigenvalue weighted by molar-refractivity contribution is -0.136. The number of benzene rings is 3. The van der Waals surface area contributed by atoms with Gasteiger partial charge in [0.25, 0.3) is 0 Å². The normalized spacial score (nSPS) is 10.6. The standard InChI is InChI=1S/C24H19NO4/c26-24(27)12-18-6-11-23(25-15-18)29-22-10-8-19-13-21(9-7-20(19)14-22)28-16-17-4-2-1-3-5-17/h1-11,13-15H,12,16H2,(H,26,27). The molecule has 0 radical (unpaired) electrons. The fourth-order valence-electron chi connectivity index (χ4n) is 2.97. The van der Waals surface area contributed by atoms with Crippen LogP contribution in [0.25, 0.3) is 10.8 Å². The van der Waals surface area contributed by atoms with Crippen LogP contribution in [-0.2, 0) is 17.8 Å². The van der Waals surface area contributed by atoms with Crippen molar-refractivity contribution in [1.29, 1.82) is 0 Å². The molecule has 144 valence electrons. The average Bonchev–Trinajstić information content (AvgIpc) is 2.74. The SMILES string of the molecule is O=C(O)Cc1ccc(Oc2ccc3cc(OCc4ccccc4)ccc3c2)nc1. The molecule has 5 nitrogen and oxygen atoms in total. The molecular weight excluding hydrogens is 366 g/mol. The summed E-state index contributed by atoms with van der Waals surface area (Å²) in [4.78, 5) is 14.9. The minimum atomic E-state index is -0.887. The number of aliphatic carboxylic acids is 1. The number of ether oxygens (including phenoxy) is 2. The lowest BCUT2D eigenvalue weighted by Crippen LogP contribution is -2.00. The Morgan fingerprint density at radius 1 is 0.828 bits per heavy atom. The Bertz CT molecular complexity index is 1120. The number of carboxylic acids is 1. The Labute approximate surface area is 168 Å². The highest BCUT2D eigenvalue weighted by atomic mass is 16.5. The molecule has 5 heteroatoms. The third kappa shape index (κ3) is 4.90. The summed E-state index contributed by atoms with van der Waals surface area (Å²) < 4.78 is 11.7. The van der Waals surface area contributed by atoms with Gasteiger partial charge in [-0.05, 0) is 46.2 Å². The minimum Gasteiger partial charge on any atom is -0.489 e. The number of nitrogens with zero attached hydrogens (tertiary/aromatic N) is 1. The van der Waals surface area contributed by atoms with Crippen molar-refractivity contribution < 1.29 is 19.4 Å². The highest BCUT2D eigenvalue weighted by Crippen LogP contribution is 2.27. The molecule has 1 heterocycles. The van der Waals surface area contributed by atoms with Crippen molar-refractivity contribution in [2.45, 2.75) is 13.0 Å². The van der Waals surface area contributed by atoms with E-state index in [1.54, 1.807) is 12.1 Å². The topological polar surface area (TPSA) is 68.7 Å². The molecule has 0 unspecified atom stereocenters. The van der Waals surface area contributed by atoms with Gasteiger partial charge in [0, 0.05) is 12.3 Å². The zero-order valence-electron chi connectivity index (χ0n) is 15.6. The molecule has 4 aromatic rings. The van der Waals surface area contributed by atoms with Crippen LogP contribution in [-0.4, -0.2) is 16.1 Å². The summed E-state index contributed by atoms with van der Waals surface area (Å²) in [5.74, 6) is 1.00. The van der Waals surface area contributed by atoms with Gasteiger partial charge in [0.05, 0.1) is 6.42 Å². The van der Waals surface area contributed by atoms with E-state index in [0.29, 0.717) is 23.8 Å². The van der Waals surface area contributed by atoms with Gasteiger partial charge >= 0.3 is 5.97 Å². The first-order valence-corrected chi connectivity index (χ1v) is 9.21. The second kappa shape index (κ2) is 8.44. The first-order chi connectivity index (χ1) is 14.2. The number of pyridine rings is 1. The van der Waals surface area contributed by atoms with Crippen molar-refractivity contribution in [3.05, 3.63) is 96.2 Å². The van der Waals surface area contributed by atoms with Gasteiger partial charge in [0.2, 0.25) is 5.88 Å². The summed E-state index contributed by atoms with van der Waals surface area (Å²) in [5, 5.41) is 10.9. The zero-order chi connectivity index (χ0) is 20.1. The second-order valence-electron chi connectivity index (χ2n) is 6.62. The monoisotopic (exact) mass is 385 g/mol. The average molecular weight is 385 g/mol. The van der Waals surface area contributed by atoms with E-state index in [9.17, 15) is 4.79 Å². The number of hydrogen-bond acceptors (Lipinski definition) is 4. The molecule has 0 aliphatic carbocycles. The molecule has 4 rings (SSSR count). The highest BCUT2D eigenvalue weighted by Gasteiger charge is 2.05. The fraction of sp³-hybridized carbons (Fsp3) is 0.0833. The summed E-state index contributed by atoms with van der Waals surface area (Å²) in [7, 11) is 0. The maximum absolute atomic E-state index is 10.7. The first kappa shape index (κ1) is 18.5. The van der Waals surface area contributed by atoms with Crippen molar-refractivity contribution in [1.82, 2.24) is 4.98 Å². The fourth-order valence-corrected chi connectivity index (χ4v) is 2.97. The van der Waals surface area contributed by atoms with Gasteiger partial charge in [0.15, 0.2) is 0 Å². The smallest absolute Gasteiger partial charge is 0.307 e. The molecule has 1 aromatic heterocycles. The minimum absolute atomic E-state index is 0.0576. The van der Waals surface area contributed by atoms with Gasteiger partial charge in [-0.25, -0.2) is 4.98 Å². The van der Waals surface area contributed by atoms with E-state index in [1.165, 1.54) is 6.20 Å². The zero-order valence-corrected chi connectivity index (χ0v) is 15.6. The van der Waals surface area contributed by atoms with Crippen LogP contribution in [0.3, 0.4) is 0 Å². The summed E-state index contributed by atoms with van der Waals surface area (Å²) in [6.45, 7) is 0.525. The molecule has 3 aromatic carbocycles. The molecule has 0 atom stereocenters. The predicted molar refractivity (Wildman–Crippen MR) is 110 cm³/mol. The molecule has 1 N–H and O–H groups in total. The van der Waals surface area contributed by atoms with E-state index in [0.717, 1.165) is 22.1 Å². The Kier molecular flexibility index (Phi) is 5.38. The van der Waals surface area contributed by atoms with Crippen LogP contribution in [0.1, 0.15) is 11.1 Å². The molecule has 0 amide bonds. The summed E-state index contributed by atoms with van der Waals surface area (Å²) >= 11 is 0. The summed E-state index contributed by atoms with van der Waals surface area (Å²) in [5.41, 5.74) is 1.75. The van der Waals surface area contributed by atoms with Crippen molar-refractivity contribution in [2.75, 3.05) is 0 Å². The Hall–Kier alpha value is -3.86. The van der Waals surface area contributed by atoms with Crippen molar-refractivity contribution >= 4 is 16.7 Å². The van der Waals surface area contributed by atoms with Crippen LogP contribution in [0.5, 0.6) is 17.4 Å². The van der Waals surface area contributed by atoms with E-state index in [4.69, 9.17) is 14.6 Å². The molecular formula is C24H19NO4. The van der Waals surface area contributed by atoms with Gasteiger partial charge < -0.3 is 14.6 Å². The van der Waals surface area contributed by atoms with Crippen LogP contribution in [0.15, 0.2) is 85.1 Å². The summed E-state index contributed by atoms with van der Waals surface area (Å²) in [6.07, 6.45) is 1.46. The van der Waals surface area contributed by atoms with Crippen LogP contribution in [0.2, 0.25) is 0 Å². The number of fused-ring (bicyclic) bond motifs is 1. The lowest BCUT2D eigenvalue weighted by Gasteiger charge is -2.09. The summed E-state index contributed by atoms with van der Waals surface area (Å²) in [6, 6.07) is 25.1. The molecule has 0 bridgehead atoms. The maximum atomic E-state index is 10.7. The Balaban J connectivity index is 1.44. The van der Waals surface area contributed by atoms with Crippen LogP contribution >= 0.6 is 0 Å². The van der Waals surface area contributed by atoms with Gasteiger partial charge in [-0.15, -0.1) is 0 Å². The molecule has 0 saturated heterocycles. The van der Waals surface area contributed by atoms with Gasteiger partial charge in [-0.1, -0.05) is 48.5 Å². The lowest BCUT2D eigenvalue weighted by atomic mass is 10.1. The number of rotatable bonds is 7. The quantitative estimate of drug-likeness (QED) is 0.472. The maximum Gasteiger partial charge on any atom is 0.307 e. The Morgan fingerprint density at radius 2 is 1.55 bits per heavy atom. The molecule has 0 saturated carbocycles. The van der Waals surface area contributed by atoms with E-state index >= 15 is 0 Å². The first-order valence-electron chi connectivity index (χ1n) is 9.21. The van der Waals surface area contributed by atoms with Crippen molar-refractivity contribution in [3.8, 4) is 17.4 Å². The van der Waals surface area contributed by atoms with E-state index in [1.807, 2.05) is 66.7 Å². The largest absolute Gasteiger partial charge is 0.489 e. The van der Waals surface area contributed by atoms with Crippen molar-refractivity contribution in [2.24, 2.45) is 0 Å². The number of aromatic nitrogens is 1. The van der Waals surface area contributed by atoms with E-state index in [2.05, 4.69) is 4.98 Å². The number of carbonyl (C=O) groups is 1. The third-order valence-corrected chi connectivity index (χ3v) is 4.41. The molecule has 0 fully saturated rings. The van der Waals surface area contributed by atoms with Crippen LogP contribution in [0.4, 0.5) is 0 Å². The van der Waals surface area contributed by atoms with Gasteiger partial charge in [-0.2, -0.15) is 0 Å². The Morgan fingerprint density at radius 3 is 2.24 bits per heavy atom. The number of carboxylic acid groups (broad SMARTS) is 1. The molecule has 0 spiro atoms. The molecule has 0 aliphatic rings. The van der Waals surface area contributed by atoms with Crippen LogP contribution in [0, 0.1) is 0 Å². The van der Waals surface area contributed by atoms with Crippen molar-refractivity contribution in [3.63, 3.8) is 0 Å². The van der Waals surface area contributed by atoms with Gasteiger partial charge in [0.1, 0.15) is 18.1 Å². The van der Waals surface area contributed by atoms with E-state index < -0.39 is 5.97 Å². The highest BCUT2D eigenvalue weighted by molar-refractivity contribution is 5.85. The van der Waals surface area contributed by atoms with E-state index in [-0.39, 0.29) is 6.42 Å². The number of hydrogen-bond donors (Lipinski definition) is 1. The second-order valence-corrected chi connectivity index (χ2v) is 6.62. The molecule has 0 aliphatic heterocycles. The van der Waals surface area contributed by atoms with Crippen LogP contribution < -0.4 is 9.47 Å².